The summed E-state index contributed by atoms with van der Waals surface area (Å²) in [6.07, 6.45) is 5.08. The number of hydrogen-bond acceptors (Lipinski definition) is 2. The van der Waals surface area contributed by atoms with Crippen molar-refractivity contribution in [3.63, 3.8) is 0 Å². The summed E-state index contributed by atoms with van der Waals surface area (Å²) in [6.45, 7) is 0.864. The van der Waals surface area contributed by atoms with Crippen molar-refractivity contribution in [2.45, 2.75) is 26.4 Å². The fourth-order valence-electron chi connectivity index (χ4n) is 1.78. The Balaban J connectivity index is 2.36. The predicted octanol–water partition coefficient (Wildman–Crippen LogP) is 3.84. The maximum atomic E-state index is 13.5. The van der Waals surface area contributed by atoms with Crippen molar-refractivity contribution >= 4 is 0 Å². The van der Waals surface area contributed by atoms with Gasteiger partial charge in [-0.25, -0.2) is 23.1 Å². The third-order valence-electron chi connectivity index (χ3n) is 2.78. The van der Waals surface area contributed by atoms with Gasteiger partial charge in [0.1, 0.15) is 18.3 Å². The lowest BCUT2D eigenvalue weighted by atomic mass is 10.1. The van der Waals surface area contributed by atoms with Gasteiger partial charge in [0.25, 0.3) is 0 Å². The maximum Gasteiger partial charge on any atom is 0.159 e. The second-order valence-electron chi connectivity index (χ2n) is 4.22. The van der Waals surface area contributed by atoms with Crippen LogP contribution in [0.2, 0.25) is 0 Å². The van der Waals surface area contributed by atoms with Crippen LogP contribution >= 0.6 is 0 Å². The Labute approximate surface area is 109 Å². The minimum atomic E-state index is -1.17. The van der Waals surface area contributed by atoms with Gasteiger partial charge in [0.2, 0.25) is 0 Å². The molecule has 0 saturated carbocycles. The van der Waals surface area contributed by atoms with Crippen molar-refractivity contribution < 1.29 is 13.2 Å². The lowest BCUT2D eigenvalue weighted by molar-refractivity contribution is 0.440. The molecule has 0 radical (unpaired) electrons. The molecule has 1 aromatic carbocycles. The Hall–Kier alpha value is -1.91. The summed E-state index contributed by atoms with van der Waals surface area (Å²) in [7, 11) is 0. The van der Waals surface area contributed by atoms with Crippen LogP contribution in [0.3, 0.4) is 0 Å². The molecule has 0 bridgehead atoms. The molecule has 0 aliphatic heterocycles. The zero-order valence-corrected chi connectivity index (χ0v) is 10.5. The smallest absolute Gasteiger partial charge is 0.159 e. The van der Waals surface area contributed by atoms with E-state index in [-0.39, 0.29) is 11.4 Å². The van der Waals surface area contributed by atoms with Crippen molar-refractivity contribution in [3.05, 3.63) is 47.3 Å². The first kappa shape index (κ1) is 13.5. The molecule has 2 nitrogen and oxygen atoms in total. The minimum Gasteiger partial charge on any atom is -0.246 e. The van der Waals surface area contributed by atoms with Gasteiger partial charge in [0, 0.05) is 18.0 Å². The molecule has 0 N–H and O–H groups in total. The quantitative estimate of drug-likeness (QED) is 0.840. The van der Waals surface area contributed by atoms with Crippen LogP contribution in [0.15, 0.2) is 24.5 Å². The standard InChI is InChI=1S/C14H13F3N2/c1-2-3-9-7-18-14(19-8-9)10-4-12(16)11(6-15)13(17)5-10/h4-5,7-8H,2-3,6H2,1H3. The highest BCUT2D eigenvalue weighted by Crippen LogP contribution is 2.22. The van der Waals surface area contributed by atoms with Crippen LogP contribution in [0.25, 0.3) is 11.4 Å². The molecule has 1 aromatic heterocycles. The summed E-state index contributed by atoms with van der Waals surface area (Å²) < 4.78 is 39.3. The molecule has 19 heavy (non-hydrogen) atoms. The van der Waals surface area contributed by atoms with Gasteiger partial charge in [-0.3, -0.25) is 0 Å². The Morgan fingerprint density at radius 2 is 1.63 bits per heavy atom. The van der Waals surface area contributed by atoms with Gasteiger partial charge >= 0.3 is 0 Å². The molecule has 0 aliphatic carbocycles. The third kappa shape index (κ3) is 2.92. The van der Waals surface area contributed by atoms with E-state index >= 15 is 0 Å². The van der Waals surface area contributed by atoms with Crippen molar-refractivity contribution in [1.82, 2.24) is 9.97 Å². The molecule has 0 saturated heterocycles. The highest BCUT2D eigenvalue weighted by atomic mass is 19.1. The lowest BCUT2D eigenvalue weighted by Gasteiger charge is -2.05. The van der Waals surface area contributed by atoms with E-state index in [2.05, 4.69) is 9.97 Å². The van der Waals surface area contributed by atoms with Crippen LogP contribution in [0.5, 0.6) is 0 Å². The van der Waals surface area contributed by atoms with Crippen LogP contribution in [-0.4, -0.2) is 9.97 Å². The topological polar surface area (TPSA) is 25.8 Å². The lowest BCUT2D eigenvalue weighted by Crippen LogP contribution is -1.97. The van der Waals surface area contributed by atoms with Gasteiger partial charge in [-0.2, -0.15) is 0 Å². The molecule has 0 fully saturated rings. The molecular weight excluding hydrogens is 253 g/mol. The zero-order valence-electron chi connectivity index (χ0n) is 10.5. The molecule has 2 rings (SSSR count). The second kappa shape index (κ2) is 5.82. The number of aromatic nitrogens is 2. The van der Waals surface area contributed by atoms with E-state index in [0.717, 1.165) is 30.5 Å². The molecule has 5 heteroatoms. The summed E-state index contributed by atoms with van der Waals surface area (Å²) in [6, 6.07) is 2.10. The summed E-state index contributed by atoms with van der Waals surface area (Å²) in [5.74, 6) is -1.61. The SMILES string of the molecule is CCCc1cnc(-c2cc(F)c(CF)c(F)c2)nc1. The Morgan fingerprint density at radius 3 is 2.11 bits per heavy atom. The summed E-state index contributed by atoms with van der Waals surface area (Å²) in [5, 5.41) is 0. The number of hydrogen-bond donors (Lipinski definition) is 0. The average Bonchev–Trinajstić information content (AvgIpc) is 2.39. The number of benzene rings is 1. The number of rotatable bonds is 4. The predicted molar refractivity (Wildman–Crippen MR) is 66.2 cm³/mol. The Kier molecular flexibility index (Phi) is 4.14. The van der Waals surface area contributed by atoms with Gasteiger partial charge in [-0.15, -0.1) is 0 Å². The summed E-state index contributed by atoms with van der Waals surface area (Å²) in [5.41, 5.74) is 0.606. The van der Waals surface area contributed by atoms with Gasteiger partial charge < -0.3 is 0 Å². The van der Waals surface area contributed by atoms with E-state index in [1.54, 1.807) is 12.4 Å². The first-order valence-corrected chi connectivity index (χ1v) is 6.01. The number of halogens is 3. The molecule has 0 atom stereocenters. The van der Waals surface area contributed by atoms with Gasteiger partial charge in [-0.1, -0.05) is 13.3 Å². The van der Waals surface area contributed by atoms with Crippen LogP contribution in [0.1, 0.15) is 24.5 Å². The zero-order chi connectivity index (χ0) is 13.8. The van der Waals surface area contributed by atoms with E-state index in [1.807, 2.05) is 6.92 Å². The van der Waals surface area contributed by atoms with Gasteiger partial charge in [0.15, 0.2) is 5.82 Å². The van der Waals surface area contributed by atoms with Crippen LogP contribution in [0, 0.1) is 11.6 Å². The molecule has 0 spiro atoms. The van der Waals surface area contributed by atoms with Crippen molar-refractivity contribution in [1.29, 1.82) is 0 Å². The van der Waals surface area contributed by atoms with Crippen LogP contribution in [-0.2, 0) is 13.1 Å². The average molecular weight is 266 g/mol. The van der Waals surface area contributed by atoms with Crippen molar-refractivity contribution in [2.75, 3.05) is 0 Å². The highest BCUT2D eigenvalue weighted by Gasteiger charge is 2.13. The maximum absolute atomic E-state index is 13.5. The third-order valence-corrected chi connectivity index (χ3v) is 2.78. The van der Waals surface area contributed by atoms with E-state index in [0.29, 0.717) is 0 Å². The number of aryl methyl sites for hydroxylation is 1. The first-order valence-electron chi connectivity index (χ1n) is 6.01. The molecule has 0 amide bonds. The monoisotopic (exact) mass is 266 g/mol. The fourth-order valence-corrected chi connectivity index (χ4v) is 1.78. The summed E-state index contributed by atoms with van der Waals surface area (Å²) >= 11 is 0. The molecule has 0 aliphatic rings. The fraction of sp³-hybridized carbons (Fsp3) is 0.286. The van der Waals surface area contributed by atoms with Crippen LogP contribution < -0.4 is 0 Å². The van der Waals surface area contributed by atoms with Gasteiger partial charge in [-0.05, 0) is 24.1 Å². The van der Waals surface area contributed by atoms with Crippen molar-refractivity contribution in [2.24, 2.45) is 0 Å². The van der Waals surface area contributed by atoms with Gasteiger partial charge in [0.05, 0.1) is 5.56 Å². The first-order chi connectivity index (χ1) is 9.15. The highest BCUT2D eigenvalue weighted by molar-refractivity contribution is 5.55. The Morgan fingerprint density at radius 1 is 1.05 bits per heavy atom. The second-order valence-corrected chi connectivity index (χ2v) is 4.22. The molecule has 100 valence electrons. The van der Waals surface area contributed by atoms with E-state index in [1.165, 1.54) is 0 Å². The van der Waals surface area contributed by atoms with Crippen LogP contribution in [0.4, 0.5) is 13.2 Å². The van der Waals surface area contributed by atoms with Crippen molar-refractivity contribution in [3.8, 4) is 11.4 Å². The van der Waals surface area contributed by atoms with E-state index in [4.69, 9.17) is 0 Å². The Bertz CT molecular complexity index is 544. The largest absolute Gasteiger partial charge is 0.246 e. The van der Waals surface area contributed by atoms with E-state index in [9.17, 15) is 13.2 Å². The van der Waals surface area contributed by atoms with E-state index < -0.39 is 23.9 Å². The number of nitrogens with zero attached hydrogens (tertiary/aromatic N) is 2. The molecule has 2 aromatic rings. The molecule has 1 heterocycles. The summed E-state index contributed by atoms with van der Waals surface area (Å²) in [4.78, 5) is 8.13. The minimum absolute atomic E-state index is 0.204. The molecule has 0 unspecified atom stereocenters. The molecular formula is C14H13F3N2. The normalized spacial score (nSPS) is 10.7. The number of alkyl halides is 1.